The molecule has 1 fully saturated rings. The number of nitrogens with one attached hydrogen (secondary N) is 1. The summed E-state index contributed by atoms with van der Waals surface area (Å²) in [5.41, 5.74) is 0. The van der Waals surface area contributed by atoms with Crippen LogP contribution in [0.3, 0.4) is 0 Å². The molecule has 19 heavy (non-hydrogen) atoms. The molecule has 7 heteroatoms. The van der Waals surface area contributed by atoms with Gasteiger partial charge in [0.15, 0.2) is 0 Å². The molecule has 0 aromatic rings. The van der Waals surface area contributed by atoms with E-state index in [9.17, 15) is 14.4 Å². The van der Waals surface area contributed by atoms with Gasteiger partial charge in [-0.1, -0.05) is 6.92 Å². The largest absolute Gasteiger partial charge is 0.481 e. The molecule has 0 radical (unpaired) electrons. The fraction of sp³-hybridized carbons (Fsp3) is 0.750. The van der Waals surface area contributed by atoms with Gasteiger partial charge >= 0.3 is 18.0 Å². The van der Waals surface area contributed by atoms with Crippen molar-refractivity contribution in [3.05, 3.63) is 0 Å². The summed E-state index contributed by atoms with van der Waals surface area (Å²) in [6, 6.07) is -1.75. The molecule has 1 heterocycles. The highest BCUT2D eigenvalue weighted by Gasteiger charge is 2.35. The molecule has 3 N–H and O–H groups in total. The number of hydrogen-bond acceptors (Lipinski definition) is 3. The fourth-order valence-corrected chi connectivity index (χ4v) is 2.44. The summed E-state index contributed by atoms with van der Waals surface area (Å²) in [4.78, 5) is 35.2. The minimum Gasteiger partial charge on any atom is -0.481 e. The summed E-state index contributed by atoms with van der Waals surface area (Å²) < 4.78 is 0. The molecule has 0 aromatic carbocycles. The van der Waals surface area contributed by atoms with E-state index in [1.165, 1.54) is 0 Å². The molecule has 0 saturated carbocycles. The smallest absolute Gasteiger partial charge is 0.326 e. The van der Waals surface area contributed by atoms with Gasteiger partial charge in [-0.25, -0.2) is 9.59 Å². The Morgan fingerprint density at radius 3 is 2.42 bits per heavy atom. The van der Waals surface area contributed by atoms with Crippen molar-refractivity contribution in [2.24, 2.45) is 0 Å². The number of carbonyl (C=O) groups is 3. The van der Waals surface area contributed by atoms with Gasteiger partial charge in [-0.05, 0) is 26.2 Å². The Hall–Kier alpha value is -1.79. The average Bonchev–Trinajstić information content (AvgIpc) is 2.68. The van der Waals surface area contributed by atoms with Gasteiger partial charge in [-0.3, -0.25) is 4.79 Å². The highest BCUT2D eigenvalue weighted by Crippen LogP contribution is 2.25. The maximum absolute atomic E-state index is 12.1. The standard InChI is InChI=1S/C12H20N2O5/c1-3-8-5-4-7(2)14(8)12(19)13-9(11(17)18)6-10(15)16/h7-9H,3-6H2,1-2H3,(H,13,19)(H,15,16)(H,17,18)/t7?,8?,9-/m0/s1. The third kappa shape index (κ3) is 3.84. The third-order valence-electron chi connectivity index (χ3n) is 3.47. The van der Waals surface area contributed by atoms with Crippen LogP contribution in [0.1, 0.15) is 39.5 Å². The monoisotopic (exact) mass is 272 g/mol. The zero-order chi connectivity index (χ0) is 14.6. The highest BCUT2D eigenvalue weighted by molar-refractivity contribution is 5.86. The van der Waals surface area contributed by atoms with Gasteiger partial charge in [0.05, 0.1) is 6.42 Å². The van der Waals surface area contributed by atoms with Gasteiger partial charge in [0, 0.05) is 12.1 Å². The molecule has 2 unspecified atom stereocenters. The molecular weight excluding hydrogens is 252 g/mol. The Morgan fingerprint density at radius 1 is 1.32 bits per heavy atom. The zero-order valence-corrected chi connectivity index (χ0v) is 11.1. The number of hydrogen-bond donors (Lipinski definition) is 3. The number of likely N-dealkylation sites (tertiary alicyclic amines) is 1. The van der Waals surface area contributed by atoms with E-state index in [4.69, 9.17) is 10.2 Å². The van der Waals surface area contributed by atoms with E-state index < -0.39 is 30.4 Å². The Kier molecular flexibility index (Phi) is 5.14. The van der Waals surface area contributed by atoms with Gasteiger partial charge in [0.1, 0.15) is 6.04 Å². The Bertz CT molecular complexity index is 371. The van der Waals surface area contributed by atoms with E-state index in [0.717, 1.165) is 19.3 Å². The van der Waals surface area contributed by atoms with Crippen LogP contribution < -0.4 is 5.32 Å². The quantitative estimate of drug-likeness (QED) is 0.689. The molecule has 1 aliphatic heterocycles. The van der Waals surface area contributed by atoms with Gasteiger partial charge < -0.3 is 20.4 Å². The van der Waals surface area contributed by atoms with E-state index in [0.29, 0.717) is 0 Å². The third-order valence-corrected chi connectivity index (χ3v) is 3.47. The normalized spacial score (nSPS) is 24.0. The van der Waals surface area contributed by atoms with Crippen molar-refractivity contribution >= 4 is 18.0 Å². The number of aliphatic carboxylic acids is 2. The number of rotatable bonds is 5. The van der Waals surface area contributed by atoms with Gasteiger partial charge in [-0.2, -0.15) is 0 Å². The topological polar surface area (TPSA) is 107 Å². The average molecular weight is 272 g/mol. The van der Waals surface area contributed by atoms with Gasteiger partial charge in [0.2, 0.25) is 0 Å². The predicted molar refractivity (Wildman–Crippen MR) is 66.8 cm³/mol. The van der Waals surface area contributed by atoms with Crippen LogP contribution >= 0.6 is 0 Å². The first kappa shape index (κ1) is 15.3. The molecule has 1 rings (SSSR count). The molecule has 2 amide bonds. The predicted octanol–water partition coefficient (Wildman–Crippen LogP) is 0.887. The van der Waals surface area contributed by atoms with E-state index in [1.54, 1.807) is 4.90 Å². The summed E-state index contributed by atoms with van der Waals surface area (Å²) in [6.07, 6.45) is 1.94. The second kappa shape index (κ2) is 6.40. The number of carbonyl (C=O) groups excluding carboxylic acids is 1. The first-order valence-electron chi connectivity index (χ1n) is 6.40. The van der Waals surface area contributed by atoms with Crippen molar-refractivity contribution in [3.63, 3.8) is 0 Å². The van der Waals surface area contributed by atoms with Crippen molar-refractivity contribution < 1.29 is 24.6 Å². The number of urea groups is 1. The van der Waals surface area contributed by atoms with Crippen molar-refractivity contribution in [1.29, 1.82) is 0 Å². The van der Waals surface area contributed by atoms with Crippen LogP contribution in [0.2, 0.25) is 0 Å². The van der Waals surface area contributed by atoms with E-state index in [-0.39, 0.29) is 12.1 Å². The molecule has 0 bridgehead atoms. The van der Waals surface area contributed by atoms with Crippen LogP contribution in [0.15, 0.2) is 0 Å². The summed E-state index contributed by atoms with van der Waals surface area (Å²) in [5.74, 6) is -2.59. The first-order chi connectivity index (χ1) is 8.86. The number of amides is 2. The SMILES string of the molecule is CCC1CCC(C)N1C(=O)N[C@@H](CC(=O)O)C(=O)O. The van der Waals surface area contributed by atoms with Crippen molar-refractivity contribution in [3.8, 4) is 0 Å². The van der Waals surface area contributed by atoms with Crippen LogP contribution in [-0.4, -0.2) is 51.2 Å². The maximum atomic E-state index is 12.1. The molecule has 0 spiro atoms. The second-order valence-electron chi connectivity index (χ2n) is 4.83. The number of carboxylic acid groups (broad SMARTS) is 2. The molecule has 3 atom stereocenters. The molecular formula is C12H20N2O5. The summed E-state index contributed by atoms with van der Waals surface area (Å²) in [5, 5.41) is 19.8. The van der Waals surface area contributed by atoms with E-state index in [2.05, 4.69) is 5.32 Å². The number of nitrogens with zero attached hydrogens (tertiary/aromatic N) is 1. The second-order valence-corrected chi connectivity index (χ2v) is 4.83. The van der Waals surface area contributed by atoms with E-state index >= 15 is 0 Å². The number of carboxylic acids is 2. The summed E-state index contributed by atoms with van der Waals surface area (Å²) in [6.45, 7) is 3.87. The van der Waals surface area contributed by atoms with Crippen LogP contribution in [-0.2, 0) is 9.59 Å². The van der Waals surface area contributed by atoms with Crippen LogP contribution in [0.4, 0.5) is 4.79 Å². The summed E-state index contributed by atoms with van der Waals surface area (Å²) in [7, 11) is 0. The van der Waals surface area contributed by atoms with Crippen molar-refractivity contribution in [2.75, 3.05) is 0 Å². The Morgan fingerprint density at radius 2 is 1.95 bits per heavy atom. The zero-order valence-electron chi connectivity index (χ0n) is 11.1. The van der Waals surface area contributed by atoms with Crippen LogP contribution in [0.25, 0.3) is 0 Å². The van der Waals surface area contributed by atoms with Crippen LogP contribution in [0.5, 0.6) is 0 Å². The lowest BCUT2D eigenvalue weighted by atomic mass is 10.1. The lowest BCUT2D eigenvalue weighted by Gasteiger charge is -2.29. The fourth-order valence-electron chi connectivity index (χ4n) is 2.44. The van der Waals surface area contributed by atoms with Crippen LogP contribution in [0, 0.1) is 0 Å². The minimum absolute atomic E-state index is 0.0456. The molecule has 1 saturated heterocycles. The van der Waals surface area contributed by atoms with Crippen molar-refractivity contribution in [1.82, 2.24) is 10.2 Å². The van der Waals surface area contributed by atoms with E-state index in [1.807, 2.05) is 13.8 Å². The molecule has 108 valence electrons. The molecule has 0 aromatic heterocycles. The highest BCUT2D eigenvalue weighted by atomic mass is 16.4. The minimum atomic E-state index is -1.39. The van der Waals surface area contributed by atoms with Crippen molar-refractivity contribution in [2.45, 2.75) is 57.7 Å². The Balaban J connectivity index is 2.70. The lowest BCUT2D eigenvalue weighted by Crippen LogP contribution is -2.51. The Labute approximate surface area is 111 Å². The molecule has 1 aliphatic rings. The molecule has 0 aliphatic carbocycles. The van der Waals surface area contributed by atoms with Gasteiger partial charge in [-0.15, -0.1) is 0 Å². The molecule has 7 nitrogen and oxygen atoms in total. The summed E-state index contributed by atoms with van der Waals surface area (Å²) >= 11 is 0. The first-order valence-corrected chi connectivity index (χ1v) is 6.40. The lowest BCUT2D eigenvalue weighted by molar-refractivity contribution is -0.145. The maximum Gasteiger partial charge on any atom is 0.326 e. The van der Waals surface area contributed by atoms with Gasteiger partial charge in [0.25, 0.3) is 0 Å².